The maximum atomic E-state index is 15.1. The summed E-state index contributed by atoms with van der Waals surface area (Å²) in [4.78, 5) is -2.03. The minimum atomic E-state index is -5.57. The van der Waals surface area contributed by atoms with Gasteiger partial charge in [0.2, 0.25) is 5.82 Å². The number of nitrogens with zero attached hydrogens (tertiary/aromatic N) is 1. The fourth-order valence-electron chi connectivity index (χ4n) is 4.54. The number of rotatable bonds is 9. The van der Waals surface area contributed by atoms with Crippen molar-refractivity contribution < 1.29 is 49.8 Å². The molecule has 0 aliphatic heterocycles. The van der Waals surface area contributed by atoms with Gasteiger partial charge in [0, 0.05) is 19.5 Å². The number of hydrogen-bond donors (Lipinski definition) is 1. The van der Waals surface area contributed by atoms with Crippen LogP contribution in [0.15, 0.2) is 89.8 Å². The molecule has 4 aromatic rings. The number of hydrogen-bond acceptors (Lipinski definition) is 3. The summed E-state index contributed by atoms with van der Waals surface area (Å²) in [5.41, 5.74) is 6.72. The van der Waals surface area contributed by atoms with E-state index in [-0.39, 0.29) is 36.5 Å². The van der Waals surface area contributed by atoms with Gasteiger partial charge in [-0.2, -0.15) is 4.31 Å². The van der Waals surface area contributed by atoms with Crippen molar-refractivity contribution in [2.45, 2.75) is 42.2 Å². The molecule has 0 saturated heterocycles. The van der Waals surface area contributed by atoms with Crippen molar-refractivity contribution in [1.29, 1.82) is 0 Å². The molecule has 2 N–H and O–H groups in total. The zero-order valence-corrected chi connectivity index (χ0v) is 25.6. The van der Waals surface area contributed by atoms with Crippen LogP contribution in [0, 0.1) is 29.1 Å². The summed E-state index contributed by atoms with van der Waals surface area (Å²) in [6.07, 6.45) is 0. The van der Waals surface area contributed by atoms with Gasteiger partial charge < -0.3 is 5.73 Å². The molecule has 42 heavy (non-hydrogen) atoms. The third-order valence-electron chi connectivity index (χ3n) is 6.75. The van der Waals surface area contributed by atoms with E-state index < -0.39 is 61.6 Å². The van der Waals surface area contributed by atoms with Crippen molar-refractivity contribution in [1.82, 2.24) is 4.31 Å². The van der Waals surface area contributed by atoms with Gasteiger partial charge in [-0.05, 0) is 28.2 Å². The van der Waals surface area contributed by atoms with Crippen molar-refractivity contribution in [2.24, 2.45) is 5.73 Å². The van der Waals surface area contributed by atoms with Crippen LogP contribution in [0.5, 0.6) is 0 Å². The molecule has 0 aliphatic rings. The maximum Gasteiger partial charge on any atom is 0.251 e. The molecule has 0 aromatic heterocycles. The smallest absolute Gasteiger partial charge is 0.251 e. The van der Waals surface area contributed by atoms with Crippen molar-refractivity contribution in [3.63, 3.8) is 0 Å². The number of nitrogens with two attached hydrogens (primary N) is 1. The Morgan fingerprint density at radius 1 is 0.643 bits per heavy atom. The summed E-state index contributed by atoms with van der Waals surface area (Å²) in [5.74, 6) is -12.2. The predicted octanol–water partition coefficient (Wildman–Crippen LogP) is 7.87. The van der Waals surface area contributed by atoms with E-state index in [1.54, 1.807) is 60.7 Å². The quantitative estimate of drug-likeness (QED) is 0.0481. The molecule has 0 fully saturated rings. The summed E-state index contributed by atoms with van der Waals surface area (Å²) >= 11 is 6.82. The van der Waals surface area contributed by atoms with Crippen LogP contribution in [0.1, 0.15) is 59.6 Å². The summed E-state index contributed by atoms with van der Waals surface area (Å²) < 4.78 is 101. The fraction of sp³-hybridized carbons (Fsp3) is 0.200. The molecule has 4 nitrogen and oxygen atoms in total. The Morgan fingerprint density at radius 3 is 1.50 bits per heavy atom. The minimum absolute atomic E-state index is 0. The summed E-state index contributed by atoms with van der Waals surface area (Å²) in [6, 6.07) is 20.0. The largest absolute Gasteiger partial charge is 0.322 e. The molecule has 0 spiro atoms. The zero-order chi connectivity index (χ0) is 30.1. The van der Waals surface area contributed by atoms with Crippen molar-refractivity contribution in [3.8, 4) is 0 Å². The van der Waals surface area contributed by atoms with Crippen LogP contribution < -0.4 is 5.73 Å². The first-order chi connectivity index (χ1) is 19.4. The van der Waals surface area contributed by atoms with Gasteiger partial charge in [0.1, 0.15) is 5.50 Å². The van der Waals surface area contributed by atoms with E-state index in [0.717, 1.165) is 5.56 Å². The third kappa shape index (κ3) is 6.45. The average molecular weight is 710 g/mol. The number of halogens is 6. The SMILES string of the molecule is CC(C)c1ccc(C(Cl)N([C@H](c2ccccc2)[C@H](N)c2ccccc2)S(=O)(=O)c2c(F)c(F)c(F)c(F)c2F)cc1.[Ru]. The second kappa shape index (κ2) is 13.7. The molecule has 224 valence electrons. The minimum Gasteiger partial charge on any atom is -0.322 e. The van der Waals surface area contributed by atoms with Crippen LogP contribution in [-0.2, 0) is 29.5 Å². The Balaban J connectivity index is 0.00000484. The number of sulfonamides is 1. The van der Waals surface area contributed by atoms with Crippen LogP contribution in [0.4, 0.5) is 22.0 Å². The molecule has 4 aromatic carbocycles. The first-order valence-electron chi connectivity index (χ1n) is 12.5. The Labute approximate surface area is 259 Å². The molecule has 1 unspecified atom stereocenters. The first kappa shape index (κ1) is 33.8. The molecule has 0 saturated carbocycles. The summed E-state index contributed by atoms with van der Waals surface area (Å²) in [7, 11) is -5.57. The summed E-state index contributed by atoms with van der Waals surface area (Å²) in [5, 5.41) is 0. The van der Waals surface area contributed by atoms with E-state index in [4.69, 9.17) is 17.3 Å². The van der Waals surface area contributed by atoms with E-state index in [2.05, 4.69) is 0 Å². The fourth-order valence-corrected chi connectivity index (χ4v) is 6.88. The molecule has 0 aliphatic carbocycles. The van der Waals surface area contributed by atoms with Crippen LogP contribution in [0.3, 0.4) is 0 Å². The second-order valence-electron chi connectivity index (χ2n) is 9.68. The van der Waals surface area contributed by atoms with Crippen LogP contribution in [0.25, 0.3) is 0 Å². The number of alkyl halides is 1. The van der Waals surface area contributed by atoms with Gasteiger partial charge >= 0.3 is 0 Å². The van der Waals surface area contributed by atoms with Crippen molar-refractivity contribution in [3.05, 3.63) is 136 Å². The monoisotopic (exact) mass is 710 g/mol. The van der Waals surface area contributed by atoms with Gasteiger partial charge in [-0.1, -0.05) is 110 Å². The first-order valence-corrected chi connectivity index (χ1v) is 14.4. The van der Waals surface area contributed by atoms with Crippen LogP contribution >= 0.6 is 11.6 Å². The van der Waals surface area contributed by atoms with Gasteiger partial charge in [-0.25, -0.2) is 30.4 Å². The summed E-state index contributed by atoms with van der Waals surface area (Å²) in [6.45, 7) is 3.88. The molecular weight excluding hydrogens is 684 g/mol. The molecule has 4 rings (SSSR count). The van der Waals surface area contributed by atoms with Crippen molar-refractivity contribution in [2.75, 3.05) is 0 Å². The Bertz CT molecular complexity index is 1600. The standard InChI is InChI=1S/C30H26ClF5N2O2S.Ru/c1-17(2)18-13-15-21(16-14-18)30(31)38(41(39,40)29-25(35)23(33)22(32)24(34)26(29)36)28(20-11-7-4-8-12-20)27(37)19-9-5-3-6-10-19;/h3-17,27-28,30H,37H2,1-2H3;/t27-,28-,30?;/m1./s1. The van der Waals surface area contributed by atoms with Gasteiger partial charge in [0.05, 0.1) is 12.1 Å². The topological polar surface area (TPSA) is 63.4 Å². The van der Waals surface area contributed by atoms with E-state index in [1.165, 1.54) is 24.3 Å². The van der Waals surface area contributed by atoms with E-state index in [0.29, 0.717) is 9.87 Å². The van der Waals surface area contributed by atoms with E-state index in [9.17, 15) is 21.6 Å². The van der Waals surface area contributed by atoms with Crippen molar-refractivity contribution >= 4 is 21.6 Å². The van der Waals surface area contributed by atoms with Gasteiger partial charge in [0.25, 0.3) is 10.0 Å². The molecule has 0 heterocycles. The van der Waals surface area contributed by atoms with Gasteiger partial charge in [-0.3, -0.25) is 0 Å². The normalized spacial score (nSPS) is 14.0. The third-order valence-corrected chi connectivity index (χ3v) is 9.19. The Morgan fingerprint density at radius 2 is 1.05 bits per heavy atom. The Hall–Kier alpha value is -2.69. The van der Waals surface area contributed by atoms with Crippen LogP contribution in [0.2, 0.25) is 0 Å². The molecule has 3 atom stereocenters. The average Bonchev–Trinajstić information content (AvgIpc) is 2.98. The predicted molar refractivity (Wildman–Crippen MR) is 147 cm³/mol. The molecule has 0 amide bonds. The molecular formula is C30H26ClF5N2O2RuS. The van der Waals surface area contributed by atoms with Gasteiger partial charge in [0.15, 0.2) is 28.2 Å². The van der Waals surface area contributed by atoms with E-state index >= 15 is 8.78 Å². The molecule has 12 heteroatoms. The molecule has 0 radical (unpaired) electrons. The number of benzene rings is 4. The van der Waals surface area contributed by atoms with Gasteiger partial charge in [-0.15, -0.1) is 0 Å². The second-order valence-corrected chi connectivity index (χ2v) is 11.9. The van der Waals surface area contributed by atoms with Crippen LogP contribution in [-0.4, -0.2) is 12.7 Å². The van der Waals surface area contributed by atoms with E-state index in [1.807, 2.05) is 13.8 Å². The molecule has 0 bridgehead atoms. The Kier molecular flexibility index (Phi) is 11.1. The maximum absolute atomic E-state index is 15.1. The zero-order valence-electron chi connectivity index (χ0n) is 22.3.